The lowest BCUT2D eigenvalue weighted by Crippen LogP contribution is -2.29. The van der Waals surface area contributed by atoms with Crippen molar-refractivity contribution in [2.75, 3.05) is 6.54 Å². The monoisotopic (exact) mass is 318 g/mol. The lowest BCUT2D eigenvalue weighted by Gasteiger charge is -2.17. The van der Waals surface area contributed by atoms with E-state index in [4.69, 9.17) is 0 Å². The fourth-order valence-electron chi connectivity index (χ4n) is 2.92. The van der Waals surface area contributed by atoms with Crippen molar-refractivity contribution >= 4 is 5.91 Å². The maximum absolute atomic E-state index is 12.7. The number of hydrogen-bond donors (Lipinski definition) is 1. The molecule has 3 nitrogen and oxygen atoms in total. The van der Waals surface area contributed by atoms with Crippen LogP contribution in [0, 0.1) is 0 Å². The summed E-state index contributed by atoms with van der Waals surface area (Å²) in [6.07, 6.45) is 4.89. The molecule has 0 aliphatic carbocycles. The molecular weight excluding hydrogens is 296 g/mol. The summed E-state index contributed by atoms with van der Waals surface area (Å²) < 4.78 is 1.96. The van der Waals surface area contributed by atoms with Gasteiger partial charge in [-0.25, -0.2) is 0 Å². The fourth-order valence-corrected chi connectivity index (χ4v) is 2.92. The van der Waals surface area contributed by atoms with Crippen LogP contribution < -0.4 is 5.32 Å². The van der Waals surface area contributed by atoms with E-state index in [0.717, 1.165) is 12.1 Å². The van der Waals surface area contributed by atoms with Gasteiger partial charge in [-0.15, -0.1) is 0 Å². The molecule has 0 fully saturated rings. The van der Waals surface area contributed by atoms with Crippen molar-refractivity contribution in [3.8, 4) is 5.69 Å². The molecule has 3 rings (SSSR count). The van der Waals surface area contributed by atoms with E-state index in [9.17, 15) is 4.79 Å². The van der Waals surface area contributed by atoms with Crippen LogP contribution >= 0.6 is 0 Å². The van der Waals surface area contributed by atoms with E-state index >= 15 is 0 Å². The van der Waals surface area contributed by atoms with Crippen molar-refractivity contribution in [1.29, 1.82) is 0 Å². The second-order valence-electron chi connectivity index (χ2n) is 5.83. The summed E-state index contributed by atoms with van der Waals surface area (Å²) in [5, 5.41) is 3.10. The number of aromatic nitrogens is 1. The lowest BCUT2D eigenvalue weighted by atomic mass is 9.96. The third-order valence-electron chi connectivity index (χ3n) is 4.30. The highest BCUT2D eigenvalue weighted by Gasteiger charge is 2.14. The van der Waals surface area contributed by atoms with Crippen LogP contribution in [0.1, 0.15) is 35.2 Å². The number of hydrogen-bond acceptors (Lipinski definition) is 1. The normalized spacial score (nSPS) is 11.9. The quantitative estimate of drug-likeness (QED) is 0.718. The highest BCUT2D eigenvalue weighted by molar-refractivity contribution is 5.97. The molecule has 1 aromatic heterocycles. The van der Waals surface area contributed by atoms with E-state index in [1.165, 1.54) is 5.56 Å². The van der Waals surface area contributed by atoms with Crippen LogP contribution in [0.4, 0.5) is 0 Å². The van der Waals surface area contributed by atoms with E-state index in [-0.39, 0.29) is 5.91 Å². The smallest absolute Gasteiger partial charge is 0.253 e. The van der Waals surface area contributed by atoms with Gasteiger partial charge in [0.2, 0.25) is 0 Å². The Bertz CT molecular complexity index is 779. The molecule has 0 bridgehead atoms. The van der Waals surface area contributed by atoms with E-state index in [1.807, 2.05) is 71.6 Å². The number of carbonyl (C=O) groups excluding carboxylic acids is 1. The molecule has 0 aliphatic rings. The van der Waals surface area contributed by atoms with Gasteiger partial charge in [0.05, 0.1) is 11.3 Å². The average molecular weight is 318 g/mol. The Kier molecular flexibility index (Phi) is 5.12. The van der Waals surface area contributed by atoms with Crippen molar-refractivity contribution in [1.82, 2.24) is 9.88 Å². The summed E-state index contributed by atoms with van der Waals surface area (Å²) in [6.45, 7) is 2.79. The summed E-state index contributed by atoms with van der Waals surface area (Å²) in [7, 11) is 0. The van der Waals surface area contributed by atoms with Gasteiger partial charge in [-0.1, -0.05) is 49.4 Å². The first-order valence-electron chi connectivity index (χ1n) is 8.35. The number of amides is 1. The fraction of sp³-hybridized carbons (Fsp3) is 0.190. The van der Waals surface area contributed by atoms with Gasteiger partial charge in [-0.05, 0) is 36.2 Å². The largest absolute Gasteiger partial charge is 0.351 e. The second kappa shape index (κ2) is 7.64. The van der Waals surface area contributed by atoms with Crippen molar-refractivity contribution in [2.45, 2.75) is 19.3 Å². The molecule has 0 saturated heterocycles. The van der Waals surface area contributed by atoms with Crippen LogP contribution in [0.25, 0.3) is 5.69 Å². The highest BCUT2D eigenvalue weighted by Crippen LogP contribution is 2.19. The van der Waals surface area contributed by atoms with Gasteiger partial charge >= 0.3 is 0 Å². The number of nitrogens with zero attached hydrogens (tertiary/aromatic N) is 1. The molecule has 0 spiro atoms. The van der Waals surface area contributed by atoms with Crippen LogP contribution in [-0.4, -0.2) is 17.0 Å². The van der Waals surface area contributed by atoms with Crippen molar-refractivity contribution in [3.63, 3.8) is 0 Å². The standard InChI is InChI=1S/C21H22N2O/c1-2-17(18-10-4-3-5-11-18)16-22-21(24)19-12-6-7-13-20(19)23-14-8-9-15-23/h3-15,17H,2,16H2,1H3,(H,22,24). The van der Waals surface area contributed by atoms with E-state index < -0.39 is 0 Å². The minimum absolute atomic E-state index is 0.0336. The molecule has 2 aromatic carbocycles. The maximum Gasteiger partial charge on any atom is 0.253 e. The number of carbonyl (C=O) groups is 1. The van der Waals surface area contributed by atoms with Crippen molar-refractivity contribution < 1.29 is 4.79 Å². The Morgan fingerprint density at radius 2 is 1.62 bits per heavy atom. The Hall–Kier alpha value is -2.81. The second-order valence-corrected chi connectivity index (χ2v) is 5.83. The van der Waals surface area contributed by atoms with Gasteiger partial charge in [0.15, 0.2) is 0 Å². The molecule has 3 heteroatoms. The Morgan fingerprint density at radius 1 is 0.958 bits per heavy atom. The Labute approximate surface area is 143 Å². The van der Waals surface area contributed by atoms with Gasteiger partial charge in [0, 0.05) is 24.9 Å². The first-order chi connectivity index (χ1) is 11.8. The molecule has 1 N–H and O–H groups in total. The number of para-hydroxylation sites is 1. The average Bonchev–Trinajstić information content (AvgIpc) is 3.17. The molecule has 1 unspecified atom stereocenters. The van der Waals surface area contributed by atoms with Crippen LogP contribution in [-0.2, 0) is 0 Å². The predicted molar refractivity (Wildman–Crippen MR) is 97.6 cm³/mol. The summed E-state index contributed by atoms with van der Waals surface area (Å²) in [5.41, 5.74) is 2.85. The third kappa shape index (κ3) is 3.57. The van der Waals surface area contributed by atoms with Gasteiger partial charge in [0.1, 0.15) is 0 Å². The van der Waals surface area contributed by atoms with Crippen LogP contribution in [0.3, 0.4) is 0 Å². The number of nitrogens with one attached hydrogen (secondary N) is 1. The number of benzene rings is 2. The minimum atomic E-state index is -0.0336. The van der Waals surface area contributed by atoms with Crippen molar-refractivity contribution in [2.24, 2.45) is 0 Å². The molecular formula is C21H22N2O. The van der Waals surface area contributed by atoms with E-state index in [0.29, 0.717) is 18.0 Å². The zero-order chi connectivity index (χ0) is 16.8. The summed E-state index contributed by atoms with van der Waals surface area (Å²) in [4.78, 5) is 12.7. The zero-order valence-corrected chi connectivity index (χ0v) is 13.9. The molecule has 24 heavy (non-hydrogen) atoms. The lowest BCUT2D eigenvalue weighted by molar-refractivity contribution is 0.0951. The van der Waals surface area contributed by atoms with Gasteiger partial charge < -0.3 is 9.88 Å². The first-order valence-corrected chi connectivity index (χ1v) is 8.35. The third-order valence-corrected chi connectivity index (χ3v) is 4.30. The molecule has 1 atom stereocenters. The number of rotatable bonds is 6. The first kappa shape index (κ1) is 16.1. The highest BCUT2D eigenvalue weighted by atomic mass is 16.1. The molecule has 1 heterocycles. The van der Waals surface area contributed by atoms with Crippen LogP contribution in [0.5, 0.6) is 0 Å². The van der Waals surface area contributed by atoms with E-state index in [1.54, 1.807) is 0 Å². The van der Waals surface area contributed by atoms with Gasteiger partial charge in [-0.3, -0.25) is 4.79 Å². The zero-order valence-electron chi connectivity index (χ0n) is 13.9. The molecule has 0 saturated carbocycles. The van der Waals surface area contributed by atoms with Crippen LogP contribution in [0.15, 0.2) is 79.1 Å². The molecule has 1 amide bonds. The molecule has 0 aliphatic heterocycles. The predicted octanol–water partition coefficient (Wildman–Crippen LogP) is 4.40. The van der Waals surface area contributed by atoms with Gasteiger partial charge in [0.25, 0.3) is 5.91 Å². The summed E-state index contributed by atoms with van der Waals surface area (Å²) in [6, 6.07) is 21.9. The van der Waals surface area contributed by atoms with E-state index in [2.05, 4.69) is 24.4 Å². The molecule has 0 radical (unpaired) electrons. The molecule has 3 aromatic rings. The topological polar surface area (TPSA) is 34.0 Å². The summed E-state index contributed by atoms with van der Waals surface area (Å²) >= 11 is 0. The maximum atomic E-state index is 12.7. The summed E-state index contributed by atoms with van der Waals surface area (Å²) in [5.74, 6) is 0.294. The Balaban J connectivity index is 1.74. The molecule has 122 valence electrons. The Morgan fingerprint density at radius 3 is 2.33 bits per heavy atom. The SMILES string of the molecule is CCC(CNC(=O)c1ccccc1-n1cccc1)c1ccccc1. The van der Waals surface area contributed by atoms with Gasteiger partial charge in [-0.2, -0.15) is 0 Å². The van der Waals surface area contributed by atoms with Crippen molar-refractivity contribution in [3.05, 3.63) is 90.3 Å². The van der Waals surface area contributed by atoms with Crippen LogP contribution in [0.2, 0.25) is 0 Å². The minimum Gasteiger partial charge on any atom is -0.351 e.